The van der Waals surface area contributed by atoms with Crippen LogP contribution in [0.2, 0.25) is 0 Å². The quantitative estimate of drug-likeness (QED) is 0.898. The predicted molar refractivity (Wildman–Crippen MR) is 99.5 cm³/mol. The number of aromatic nitrogens is 2. The van der Waals surface area contributed by atoms with E-state index in [-0.39, 0.29) is 23.9 Å². The molecule has 27 heavy (non-hydrogen) atoms. The third kappa shape index (κ3) is 3.18. The Balaban J connectivity index is 1.50. The molecule has 2 atom stereocenters. The van der Waals surface area contributed by atoms with Gasteiger partial charge in [0.25, 0.3) is 11.8 Å². The molecule has 2 amide bonds. The molecule has 0 radical (unpaired) electrons. The Morgan fingerprint density at radius 2 is 2.04 bits per heavy atom. The van der Waals surface area contributed by atoms with Crippen LogP contribution in [0.5, 0.6) is 5.75 Å². The van der Waals surface area contributed by atoms with E-state index in [4.69, 9.17) is 4.74 Å². The van der Waals surface area contributed by atoms with Crippen molar-refractivity contribution >= 4 is 11.8 Å². The number of ether oxygens (including phenoxy) is 1. The van der Waals surface area contributed by atoms with Gasteiger partial charge in [0, 0.05) is 31.7 Å². The third-order valence-electron chi connectivity index (χ3n) is 5.09. The summed E-state index contributed by atoms with van der Waals surface area (Å²) in [5, 5.41) is 2.86. The highest BCUT2D eigenvalue weighted by Crippen LogP contribution is 2.32. The van der Waals surface area contributed by atoms with Crippen LogP contribution in [0.4, 0.5) is 0 Å². The van der Waals surface area contributed by atoms with E-state index >= 15 is 0 Å². The second kappa shape index (κ2) is 6.72. The summed E-state index contributed by atoms with van der Waals surface area (Å²) in [6.45, 7) is 6.97. The molecule has 2 aromatic rings. The van der Waals surface area contributed by atoms with Crippen molar-refractivity contribution < 1.29 is 14.3 Å². The first kappa shape index (κ1) is 17.6. The van der Waals surface area contributed by atoms with Crippen LogP contribution in [-0.2, 0) is 17.8 Å². The molecule has 0 aliphatic carbocycles. The molecule has 0 saturated heterocycles. The van der Waals surface area contributed by atoms with Crippen molar-refractivity contribution in [1.29, 1.82) is 0 Å². The zero-order chi connectivity index (χ0) is 19.1. The number of amides is 2. The lowest BCUT2D eigenvalue weighted by Gasteiger charge is -2.35. The van der Waals surface area contributed by atoms with Crippen molar-refractivity contribution in [2.24, 2.45) is 0 Å². The van der Waals surface area contributed by atoms with Crippen LogP contribution in [0.25, 0.3) is 0 Å². The molecule has 1 aromatic heterocycles. The lowest BCUT2D eigenvalue weighted by Crippen LogP contribution is -2.47. The number of carbonyl (C=O) groups is 2. The molecule has 0 bridgehead atoms. The van der Waals surface area contributed by atoms with Crippen LogP contribution in [0.1, 0.15) is 48.7 Å². The largest absolute Gasteiger partial charge is 0.480 e. The lowest BCUT2D eigenvalue weighted by atomic mass is 10.1. The number of benzene rings is 1. The molecule has 2 aliphatic heterocycles. The normalized spacial score (nSPS) is 20.8. The molecule has 2 aliphatic rings. The summed E-state index contributed by atoms with van der Waals surface area (Å²) < 4.78 is 7.83. The zero-order valence-corrected chi connectivity index (χ0v) is 15.8. The van der Waals surface area contributed by atoms with Gasteiger partial charge in [-0.3, -0.25) is 9.59 Å². The van der Waals surface area contributed by atoms with Gasteiger partial charge in [-0.25, -0.2) is 4.98 Å². The first-order valence-corrected chi connectivity index (χ1v) is 9.37. The summed E-state index contributed by atoms with van der Waals surface area (Å²) in [6, 6.07) is 7.60. The highest BCUT2D eigenvalue weighted by Gasteiger charge is 2.37. The van der Waals surface area contributed by atoms with E-state index in [0.29, 0.717) is 25.2 Å². The number of carbonyl (C=O) groups excluding carboxylic acids is 2. The minimum atomic E-state index is -0.491. The van der Waals surface area contributed by atoms with E-state index in [1.165, 1.54) is 0 Å². The molecule has 3 heterocycles. The first-order valence-electron chi connectivity index (χ1n) is 9.37. The highest BCUT2D eigenvalue weighted by molar-refractivity contribution is 5.92. The van der Waals surface area contributed by atoms with E-state index in [9.17, 15) is 9.59 Å². The number of hydrogen-bond donors (Lipinski definition) is 1. The SMILES string of the molecule is CC(C)NC(=O)c1cn2c(n1)[C@@H](C)N(C(=O)[C@H]1Cc3ccccc3O1)CC2. The summed E-state index contributed by atoms with van der Waals surface area (Å²) in [7, 11) is 0. The first-order chi connectivity index (χ1) is 12.9. The maximum Gasteiger partial charge on any atom is 0.271 e. The van der Waals surface area contributed by atoms with Gasteiger partial charge in [-0.15, -0.1) is 0 Å². The molecule has 142 valence electrons. The van der Waals surface area contributed by atoms with Crippen molar-refractivity contribution in [3.63, 3.8) is 0 Å². The van der Waals surface area contributed by atoms with E-state index < -0.39 is 6.10 Å². The molecular weight excluding hydrogens is 344 g/mol. The molecule has 0 spiro atoms. The molecule has 7 heteroatoms. The Bertz CT molecular complexity index is 864. The number of hydrogen-bond acceptors (Lipinski definition) is 4. The fourth-order valence-corrected chi connectivity index (χ4v) is 3.74. The van der Waals surface area contributed by atoms with Crippen molar-refractivity contribution in [2.75, 3.05) is 6.54 Å². The van der Waals surface area contributed by atoms with Gasteiger partial charge in [0.15, 0.2) is 6.10 Å². The summed E-state index contributed by atoms with van der Waals surface area (Å²) in [6.07, 6.45) is 1.87. The number of imidazole rings is 1. The van der Waals surface area contributed by atoms with E-state index in [1.807, 2.05) is 54.5 Å². The maximum atomic E-state index is 13.1. The summed E-state index contributed by atoms with van der Waals surface area (Å²) in [5.74, 6) is 1.31. The fourth-order valence-electron chi connectivity index (χ4n) is 3.74. The Kier molecular flexibility index (Phi) is 4.37. The Morgan fingerprint density at radius 1 is 1.26 bits per heavy atom. The topological polar surface area (TPSA) is 76.5 Å². The van der Waals surface area contributed by atoms with Gasteiger partial charge in [-0.1, -0.05) is 18.2 Å². The number of nitrogens with zero attached hydrogens (tertiary/aromatic N) is 3. The van der Waals surface area contributed by atoms with Crippen molar-refractivity contribution in [3.05, 3.63) is 47.5 Å². The lowest BCUT2D eigenvalue weighted by molar-refractivity contribution is -0.141. The van der Waals surface area contributed by atoms with Crippen LogP contribution < -0.4 is 10.1 Å². The van der Waals surface area contributed by atoms with Gasteiger partial charge < -0.3 is 19.5 Å². The van der Waals surface area contributed by atoms with E-state index in [0.717, 1.165) is 17.1 Å². The van der Waals surface area contributed by atoms with Gasteiger partial charge in [0.2, 0.25) is 0 Å². The van der Waals surface area contributed by atoms with Crippen molar-refractivity contribution in [1.82, 2.24) is 19.8 Å². The standard InChI is InChI=1S/C20H24N4O3/c1-12(2)21-19(25)15-11-23-8-9-24(13(3)18(23)22-15)20(26)17-10-14-6-4-5-7-16(14)27-17/h4-7,11-13,17H,8-10H2,1-3H3,(H,21,25)/t13-,17-/m1/s1. The smallest absolute Gasteiger partial charge is 0.271 e. The van der Waals surface area contributed by atoms with Crippen molar-refractivity contribution in [3.8, 4) is 5.75 Å². The number of fused-ring (bicyclic) bond motifs is 2. The van der Waals surface area contributed by atoms with Crippen LogP contribution >= 0.6 is 0 Å². The van der Waals surface area contributed by atoms with E-state index in [1.54, 1.807) is 6.20 Å². The maximum absolute atomic E-state index is 13.1. The van der Waals surface area contributed by atoms with Crippen molar-refractivity contribution in [2.45, 2.75) is 51.9 Å². The van der Waals surface area contributed by atoms with Gasteiger partial charge in [0.1, 0.15) is 17.3 Å². The number of nitrogens with one attached hydrogen (secondary N) is 1. The zero-order valence-electron chi connectivity index (χ0n) is 15.8. The molecular formula is C20H24N4O3. The fraction of sp³-hybridized carbons (Fsp3) is 0.450. The van der Waals surface area contributed by atoms with Gasteiger partial charge in [-0.2, -0.15) is 0 Å². The Labute approximate surface area is 158 Å². The van der Waals surface area contributed by atoms with Crippen LogP contribution in [0, 0.1) is 0 Å². The van der Waals surface area contributed by atoms with Crippen LogP contribution in [0.3, 0.4) is 0 Å². The third-order valence-corrected chi connectivity index (χ3v) is 5.09. The van der Waals surface area contributed by atoms with E-state index in [2.05, 4.69) is 10.3 Å². The monoisotopic (exact) mass is 368 g/mol. The molecule has 0 unspecified atom stereocenters. The average Bonchev–Trinajstić information content (AvgIpc) is 3.25. The van der Waals surface area contributed by atoms with Crippen LogP contribution in [0.15, 0.2) is 30.5 Å². The number of rotatable bonds is 3. The minimum Gasteiger partial charge on any atom is -0.480 e. The Morgan fingerprint density at radius 3 is 2.78 bits per heavy atom. The molecule has 0 saturated carbocycles. The second-order valence-electron chi connectivity index (χ2n) is 7.43. The second-order valence-corrected chi connectivity index (χ2v) is 7.43. The van der Waals surface area contributed by atoms with Gasteiger partial charge >= 0.3 is 0 Å². The average molecular weight is 368 g/mol. The Hall–Kier alpha value is -2.83. The molecule has 4 rings (SSSR count). The predicted octanol–water partition coefficient (Wildman–Crippen LogP) is 1.93. The molecule has 1 N–H and O–H groups in total. The van der Waals surface area contributed by atoms with Crippen LogP contribution in [-0.4, -0.2) is 45.0 Å². The van der Waals surface area contributed by atoms with Gasteiger partial charge in [0.05, 0.1) is 6.04 Å². The van der Waals surface area contributed by atoms with Gasteiger partial charge in [-0.05, 0) is 32.4 Å². The molecule has 1 aromatic carbocycles. The summed E-state index contributed by atoms with van der Waals surface area (Å²) in [5.41, 5.74) is 1.46. The molecule has 7 nitrogen and oxygen atoms in total. The summed E-state index contributed by atoms with van der Waals surface area (Å²) in [4.78, 5) is 31.6. The number of para-hydroxylation sites is 1. The highest BCUT2D eigenvalue weighted by atomic mass is 16.5. The summed E-state index contributed by atoms with van der Waals surface area (Å²) >= 11 is 0. The minimum absolute atomic E-state index is 0.0267. The molecule has 0 fully saturated rings.